The number of alkyl halides is 3. The molecule has 2 N–H and O–H groups in total. The molecule has 0 unspecified atom stereocenters. The van der Waals surface area contributed by atoms with Gasteiger partial charge in [-0.05, 0) is 37.8 Å². The van der Waals surface area contributed by atoms with Crippen molar-refractivity contribution < 1.29 is 22.4 Å². The van der Waals surface area contributed by atoms with Crippen molar-refractivity contribution in [3.63, 3.8) is 0 Å². The minimum absolute atomic E-state index is 0.152. The van der Waals surface area contributed by atoms with E-state index in [-0.39, 0.29) is 23.4 Å². The van der Waals surface area contributed by atoms with E-state index in [1.54, 1.807) is 0 Å². The van der Waals surface area contributed by atoms with Crippen LogP contribution in [-0.4, -0.2) is 21.5 Å². The highest BCUT2D eigenvalue weighted by atomic mass is 19.4. The van der Waals surface area contributed by atoms with Crippen LogP contribution in [0.2, 0.25) is 0 Å². The maximum atomic E-state index is 13.2. The predicted octanol–water partition coefficient (Wildman–Crippen LogP) is 2.85. The molecule has 5 nitrogen and oxygen atoms in total. The van der Waals surface area contributed by atoms with Crippen LogP contribution in [0.25, 0.3) is 0 Å². The average molecular weight is 368 g/mol. The number of hydrogen-bond donors (Lipinski definition) is 1. The summed E-state index contributed by atoms with van der Waals surface area (Å²) in [5.74, 6) is -1.49. The maximum absolute atomic E-state index is 13.2. The summed E-state index contributed by atoms with van der Waals surface area (Å²) in [6, 6.07) is 5.22. The van der Waals surface area contributed by atoms with Gasteiger partial charge in [0.1, 0.15) is 18.2 Å². The molecule has 0 atom stereocenters. The first-order chi connectivity index (χ1) is 12.3. The molecule has 2 aromatic rings. The Bertz CT molecular complexity index is 870. The van der Waals surface area contributed by atoms with Crippen molar-refractivity contribution >= 4 is 11.7 Å². The molecule has 26 heavy (non-hydrogen) atoms. The summed E-state index contributed by atoms with van der Waals surface area (Å²) in [6.45, 7) is -0.450. The number of aromatic nitrogens is 2. The number of aliphatic imine (C=N–C) groups is 1. The van der Waals surface area contributed by atoms with Gasteiger partial charge in [0, 0.05) is 16.8 Å². The van der Waals surface area contributed by atoms with Crippen LogP contribution in [0.15, 0.2) is 29.3 Å². The topological polar surface area (TPSA) is 73.3 Å². The fourth-order valence-corrected chi connectivity index (χ4v) is 3.04. The zero-order valence-corrected chi connectivity index (χ0v) is 13.7. The normalized spacial score (nSPS) is 15.0. The lowest BCUT2D eigenvalue weighted by Crippen LogP contribution is -2.20. The van der Waals surface area contributed by atoms with Crippen molar-refractivity contribution in [3.05, 3.63) is 52.6 Å². The number of halogens is 4. The number of amidine groups is 1. The minimum Gasteiger partial charge on any atom is -0.383 e. The Morgan fingerprint density at radius 2 is 2.00 bits per heavy atom. The van der Waals surface area contributed by atoms with E-state index in [0.717, 1.165) is 17.2 Å². The van der Waals surface area contributed by atoms with Crippen LogP contribution in [0.4, 0.5) is 17.6 Å². The van der Waals surface area contributed by atoms with Gasteiger partial charge < -0.3 is 5.73 Å². The highest BCUT2D eigenvalue weighted by molar-refractivity contribution is 6.03. The summed E-state index contributed by atoms with van der Waals surface area (Å²) in [5.41, 5.74) is 5.53. The molecule has 0 aliphatic heterocycles. The molecule has 1 amide bonds. The molecule has 0 saturated carbocycles. The fourth-order valence-electron chi connectivity index (χ4n) is 3.04. The van der Waals surface area contributed by atoms with E-state index in [2.05, 4.69) is 10.1 Å². The molecule has 1 aliphatic rings. The first kappa shape index (κ1) is 18.1. The minimum atomic E-state index is -4.57. The zero-order chi connectivity index (χ0) is 18.9. The molecule has 3 rings (SSSR count). The Labute approximate surface area is 146 Å². The third kappa shape index (κ3) is 3.76. The van der Waals surface area contributed by atoms with E-state index in [4.69, 9.17) is 5.73 Å². The third-order valence-electron chi connectivity index (χ3n) is 4.18. The van der Waals surface area contributed by atoms with Gasteiger partial charge in [-0.1, -0.05) is 12.1 Å². The van der Waals surface area contributed by atoms with E-state index >= 15 is 0 Å². The van der Waals surface area contributed by atoms with Crippen LogP contribution >= 0.6 is 0 Å². The summed E-state index contributed by atoms with van der Waals surface area (Å²) in [6.07, 6.45) is -2.47. The number of nitrogens with two attached hydrogens (primary N) is 1. The molecule has 0 bridgehead atoms. The number of rotatable bonds is 3. The van der Waals surface area contributed by atoms with E-state index in [0.29, 0.717) is 18.5 Å². The van der Waals surface area contributed by atoms with E-state index in [1.165, 1.54) is 18.2 Å². The molecule has 0 fully saturated rings. The lowest BCUT2D eigenvalue weighted by atomic mass is 9.95. The van der Waals surface area contributed by atoms with Crippen LogP contribution in [-0.2, 0) is 30.4 Å². The van der Waals surface area contributed by atoms with Crippen LogP contribution in [0.3, 0.4) is 0 Å². The van der Waals surface area contributed by atoms with Crippen molar-refractivity contribution in [1.82, 2.24) is 9.78 Å². The van der Waals surface area contributed by atoms with Gasteiger partial charge in [0.15, 0.2) is 5.69 Å². The number of fused-ring (bicyclic) bond motifs is 1. The van der Waals surface area contributed by atoms with Crippen LogP contribution in [0.1, 0.15) is 35.4 Å². The van der Waals surface area contributed by atoms with Crippen molar-refractivity contribution in [2.45, 2.75) is 38.4 Å². The molecule has 1 aromatic heterocycles. The van der Waals surface area contributed by atoms with Crippen LogP contribution < -0.4 is 5.73 Å². The fraction of sp³-hybridized carbons (Fsp3) is 0.353. The zero-order valence-electron chi connectivity index (χ0n) is 13.7. The Morgan fingerprint density at radius 3 is 2.69 bits per heavy atom. The summed E-state index contributed by atoms with van der Waals surface area (Å²) < 4.78 is 53.7. The largest absolute Gasteiger partial charge is 0.435 e. The lowest BCUT2D eigenvalue weighted by Gasteiger charge is -2.14. The Kier molecular flexibility index (Phi) is 4.80. The smallest absolute Gasteiger partial charge is 0.383 e. The van der Waals surface area contributed by atoms with Gasteiger partial charge in [0.25, 0.3) is 5.91 Å². The number of amides is 1. The quantitative estimate of drug-likeness (QED) is 0.514. The first-order valence-corrected chi connectivity index (χ1v) is 8.04. The summed E-state index contributed by atoms with van der Waals surface area (Å²) in [7, 11) is 0. The molecule has 138 valence electrons. The molecule has 9 heteroatoms. The number of benzene rings is 1. The lowest BCUT2D eigenvalue weighted by molar-refractivity contribution is -0.142. The van der Waals surface area contributed by atoms with Crippen molar-refractivity contribution in [1.29, 1.82) is 0 Å². The molecule has 0 spiro atoms. The van der Waals surface area contributed by atoms with Crippen LogP contribution in [0, 0.1) is 5.82 Å². The Hall–Kier alpha value is -2.71. The van der Waals surface area contributed by atoms with E-state index < -0.39 is 30.1 Å². The molecule has 1 heterocycles. The predicted molar refractivity (Wildman–Crippen MR) is 86.0 cm³/mol. The molecule has 0 radical (unpaired) electrons. The molecular formula is C17H16F4N4O. The first-order valence-electron chi connectivity index (χ1n) is 8.04. The van der Waals surface area contributed by atoms with E-state index in [9.17, 15) is 22.4 Å². The van der Waals surface area contributed by atoms with Gasteiger partial charge in [-0.2, -0.15) is 23.3 Å². The molecular weight excluding hydrogens is 352 g/mol. The molecule has 1 aromatic carbocycles. The standard InChI is InChI=1S/C17H16F4N4O/c18-11-5-3-4-10(8-11)16(22)23-14(26)9-25-13-7-2-1-6-12(13)15(24-25)17(19,20)21/h3-5,8H,1-2,6-7,9H2,(H2,22,23,26). The Balaban J connectivity index is 1.86. The third-order valence-corrected chi connectivity index (χ3v) is 4.18. The number of carbonyl (C=O) groups is 1. The second kappa shape index (κ2) is 6.89. The van der Waals surface area contributed by atoms with Gasteiger partial charge in [0.05, 0.1) is 0 Å². The second-order valence-corrected chi connectivity index (χ2v) is 6.04. The summed E-state index contributed by atoms with van der Waals surface area (Å²) in [4.78, 5) is 15.8. The van der Waals surface area contributed by atoms with Crippen molar-refractivity contribution in [2.75, 3.05) is 0 Å². The highest BCUT2D eigenvalue weighted by Gasteiger charge is 2.39. The highest BCUT2D eigenvalue weighted by Crippen LogP contribution is 2.35. The van der Waals surface area contributed by atoms with E-state index in [1.807, 2.05) is 0 Å². The molecule has 1 aliphatic carbocycles. The summed E-state index contributed by atoms with van der Waals surface area (Å²) >= 11 is 0. The van der Waals surface area contributed by atoms with Gasteiger partial charge >= 0.3 is 6.18 Å². The van der Waals surface area contributed by atoms with Crippen molar-refractivity contribution in [3.8, 4) is 0 Å². The number of hydrogen-bond acceptors (Lipinski definition) is 2. The summed E-state index contributed by atoms with van der Waals surface area (Å²) in [5, 5.41) is 3.60. The van der Waals surface area contributed by atoms with Crippen LogP contribution in [0.5, 0.6) is 0 Å². The molecule has 0 saturated heterocycles. The van der Waals surface area contributed by atoms with Gasteiger partial charge in [0.2, 0.25) is 0 Å². The number of carbonyl (C=O) groups excluding carboxylic acids is 1. The average Bonchev–Trinajstić information content (AvgIpc) is 2.94. The van der Waals surface area contributed by atoms with Gasteiger partial charge in [-0.3, -0.25) is 9.48 Å². The monoisotopic (exact) mass is 368 g/mol. The maximum Gasteiger partial charge on any atom is 0.435 e. The van der Waals surface area contributed by atoms with Gasteiger partial charge in [-0.15, -0.1) is 0 Å². The SMILES string of the molecule is NC(=NC(=O)Cn1nc(C(F)(F)F)c2c1CCCC2)c1cccc(F)c1. The van der Waals surface area contributed by atoms with Crippen molar-refractivity contribution in [2.24, 2.45) is 10.7 Å². The number of nitrogens with zero attached hydrogens (tertiary/aromatic N) is 3. The van der Waals surface area contributed by atoms with Gasteiger partial charge in [-0.25, -0.2) is 4.39 Å². The second-order valence-electron chi connectivity index (χ2n) is 6.04. The Morgan fingerprint density at radius 1 is 1.27 bits per heavy atom.